The Balaban J connectivity index is 1.65. The van der Waals surface area contributed by atoms with Crippen molar-refractivity contribution >= 4 is 28.6 Å². The Bertz CT molecular complexity index is 1450. The topological polar surface area (TPSA) is 54.2 Å². The molecule has 2 heterocycles. The number of aryl methyl sites for hydroxylation is 2. The van der Waals surface area contributed by atoms with Crippen LogP contribution in [0, 0.1) is 25.5 Å². The van der Waals surface area contributed by atoms with Gasteiger partial charge in [-0.05, 0) is 80.5 Å². The van der Waals surface area contributed by atoms with Crippen LogP contribution in [0.15, 0.2) is 77.0 Å². The molecule has 0 saturated heterocycles. The maximum atomic E-state index is 14.4. The van der Waals surface area contributed by atoms with Crippen molar-refractivity contribution in [2.45, 2.75) is 26.8 Å². The lowest BCUT2D eigenvalue weighted by atomic mass is 9.94. The van der Waals surface area contributed by atoms with Crippen LogP contribution in [0.3, 0.4) is 0 Å². The van der Waals surface area contributed by atoms with Gasteiger partial charge >= 0.3 is 0 Å². The molecule has 1 unspecified atom stereocenters. The third-order valence-electron chi connectivity index (χ3n) is 6.07. The number of benzene rings is 3. The van der Waals surface area contributed by atoms with Gasteiger partial charge in [0.25, 0.3) is 5.89 Å². The summed E-state index contributed by atoms with van der Waals surface area (Å²) in [6.07, 6.45) is 0. The van der Waals surface area contributed by atoms with Crippen LogP contribution in [0.25, 0.3) is 17.0 Å². The van der Waals surface area contributed by atoms with Gasteiger partial charge < -0.3 is 9.84 Å². The number of anilines is 1. The summed E-state index contributed by atoms with van der Waals surface area (Å²) in [6.45, 7) is 5.62. The molecular formula is C27H22F2N4OS. The molecule has 0 amide bonds. The summed E-state index contributed by atoms with van der Waals surface area (Å²) in [7, 11) is 0. The number of hydrogen-bond acceptors (Lipinski definition) is 4. The second kappa shape index (κ2) is 9.03. The zero-order chi connectivity index (χ0) is 24.7. The van der Waals surface area contributed by atoms with Crippen LogP contribution >= 0.6 is 12.2 Å². The Morgan fingerprint density at radius 3 is 2.34 bits per heavy atom. The molecule has 3 aromatic carbocycles. The van der Waals surface area contributed by atoms with Crippen molar-refractivity contribution in [2.75, 3.05) is 4.90 Å². The van der Waals surface area contributed by atoms with E-state index in [1.165, 1.54) is 18.2 Å². The highest BCUT2D eigenvalue weighted by atomic mass is 32.1. The lowest BCUT2D eigenvalue weighted by molar-refractivity contribution is 0.404. The number of halogens is 2. The molecule has 1 aliphatic rings. The standard InChI is InChI=1S/C27H22F2N4OS/c1-15-4-7-18(8-5-15)24-23(26-31-25(32-34-26)19-9-11-20(28)12-10-19)17(3)33(27(35)30-24)21-13-6-16(2)22(29)14-21/h4-14,24H,1-3H3,(H,30,35). The second-order valence-electron chi connectivity index (χ2n) is 8.49. The van der Waals surface area contributed by atoms with Crippen LogP contribution in [0.1, 0.15) is 35.5 Å². The molecule has 35 heavy (non-hydrogen) atoms. The number of rotatable bonds is 4. The van der Waals surface area contributed by atoms with Gasteiger partial charge in [-0.2, -0.15) is 4.98 Å². The zero-order valence-electron chi connectivity index (χ0n) is 19.3. The van der Waals surface area contributed by atoms with Gasteiger partial charge in [0, 0.05) is 11.3 Å². The lowest BCUT2D eigenvalue weighted by Gasteiger charge is -2.37. The van der Waals surface area contributed by atoms with Gasteiger partial charge in [0.1, 0.15) is 11.6 Å². The highest BCUT2D eigenvalue weighted by Crippen LogP contribution is 2.39. The van der Waals surface area contributed by atoms with Crippen LogP contribution < -0.4 is 10.2 Å². The minimum atomic E-state index is -0.365. The smallest absolute Gasteiger partial charge is 0.258 e. The van der Waals surface area contributed by atoms with Gasteiger partial charge in [0.05, 0.1) is 17.3 Å². The van der Waals surface area contributed by atoms with E-state index < -0.39 is 0 Å². The van der Waals surface area contributed by atoms with Gasteiger partial charge in [-0.25, -0.2) is 8.78 Å². The molecule has 4 aromatic rings. The molecule has 1 atom stereocenters. The number of thiocarbonyl (C=S) groups is 1. The van der Waals surface area contributed by atoms with Gasteiger partial charge in [0.15, 0.2) is 5.11 Å². The maximum absolute atomic E-state index is 14.4. The molecule has 0 bridgehead atoms. The van der Waals surface area contributed by atoms with Gasteiger partial charge in [-0.3, -0.25) is 4.90 Å². The predicted molar refractivity (Wildman–Crippen MR) is 136 cm³/mol. The summed E-state index contributed by atoms with van der Waals surface area (Å²) in [5.74, 6) is -0.0397. The van der Waals surface area contributed by atoms with E-state index in [1.54, 1.807) is 30.0 Å². The predicted octanol–water partition coefficient (Wildman–Crippen LogP) is 6.50. The Morgan fingerprint density at radius 1 is 0.943 bits per heavy atom. The average molecular weight is 489 g/mol. The monoisotopic (exact) mass is 488 g/mol. The molecule has 0 saturated carbocycles. The van der Waals surface area contributed by atoms with Crippen molar-refractivity contribution in [1.29, 1.82) is 0 Å². The summed E-state index contributed by atoms with van der Waals surface area (Å²) in [5, 5.41) is 7.93. The van der Waals surface area contributed by atoms with E-state index >= 15 is 0 Å². The maximum Gasteiger partial charge on any atom is 0.258 e. The quantitative estimate of drug-likeness (QED) is 0.331. The summed E-state index contributed by atoms with van der Waals surface area (Å²) < 4.78 is 33.5. The third kappa shape index (κ3) is 4.33. The first-order valence-corrected chi connectivity index (χ1v) is 11.5. The summed E-state index contributed by atoms with van der Waals surface area (Å²) in [5.41, 5.74) is 5.29. The number of nitrogens with zero attached hydrogens (tertiary/aromatic N) is 3. The Hall–Kier alpha value is -3.91. The van der Waals surface area contributed by atoms with E-state index in [4.69, 9.17) is 16.7 Å². The van der Waals surface area contributed by atoms with Crippen molar-refractivity contribution in [3.8, 4) is 11.4 Å². The van der Waals surface area contributed by atoms with Crippen molar-refractivity contribution in [2.24, 2.45) is 0 Å². The summed E-state index contributed by atoms with van der Waals surface area (Å²) in [6, 6.07) is 18.6. The minimum absolute atomic E-state index is 0.292. The number of hydrogen-bond donors (Lipinski definition) is 1. The first-order chi connectivity index (χ1) is 16.8. The molecule has 8 heteroatoms. The number of allylic oxidation sites excluding steroid dienone is 1. The molecular weight excluding hydrogens is 466 g/mol. The van der Waals surface area contributed by atoms with E-state index in [-0.39, 0.29) is 17.7 Å². The van der Waals surface area contributed by atoms with Crippen LogP contribution in [-0.2, 0) is 0 Å². The fourth-order valence-corrected chi connectivity index (χ4v) is 4.47. The molecule has 1 aliphatic heterocycles. The van der Waals surface area contributed by atoms with E-state index in [0.717, 1.165) is 16.8 Å². The second-order valence-corrected chi connectivity index (χ2v) is 8.88. The number of aromatic nitrogens is 2. The third-order valence-corrected chi connectivity index (χ3v) is 6.37. The van der Waals surface area contributed by atoms with Crippen molar-refractivity contribution in [3.05, 3.63) is 107 Å². The molecule has 0 fully saturated rings. The van der Waals surface area contributed by atoms with Crippen molar-refractivity contribution in [3.63, 3.8) is 0 Å². The molecule has 0 radical (unpaired) electrons. The highest BCUT2D eigenvalue weighted by Gasteiger charge is 2.35. The Labute approximate surface area is 207 Å². The molecule has 5 nitrogen and oxygen atoms in total. The molecule has 0 aliphatic carbocycles. The van der Waals surface area contributed by atoms with E-state index in [2.05, 4.69) is 15.5 Å². The van der Waals surface area contributed by atoms with E-state index in [9.17, 15) is 8.78 Å². The zero-order valence-corrected chi connectivity index (χ0v) is 20.2. The average Bonchev–Trinajstić information content (AvgIpc) is 3.31. The van der Waals surface area contributed by atoms with Gasteiger partial charge in [0.2, 0.25) is 5.82 Å². The normalized spacial score (nSPS) is 16.0. The first-order valence-electron chi connectivity index (χ1n) is 11.1. The lowest BCUT2D eigenvalue weighted by Crippen LogP contribution is -2.46. The number of nitrogens with one attached hydrogen (secondary N) is 1. The minimum Gasteiger partial charge on any atom is -0.351 e. The van der Waals surface area contributed by atoms with Crippen LogP contribution in [-0.4, -0.2) is 15.3 Å². The van der Waals surface area contributed by atoms with Gasteiger partial charge in [-0.15, -0.1) is 0 Å². The largest absolute Gasteiger partial charge is 0.351 e. The van der Waals surface area contributed by atoms with E-state index in [0.29, 0.717) is 39.2 Å². The molecule has 0 spiro atoms. The van der Waals surface area contributed by atoms with Crippen LogP contribution in [0.4, 0.5) is 14.5 Å². The first kappa shape index (κ1) is 22.9. The fourth-order valence-electron chi connectivity index (χ4n) is 4.11. The fraction of sp³-hybridized carbons (Fsp3) is 0.148. The van der Waals surface area contributed by atoms with Gasteiger partial charge in [-0.1, -0.05) is 41.1 Å². The molecule has 5 rings (SSSR count). The summed E-state index contributed by atoms with van der Waals surface area (Å²) in [4.78, 5) is 6.38. The summed E-state index contributed by atoms with van der Waals surface area (Å²) >= 11 is 5.72. The van der Waals surface area contributed by atoms with Crippen molar-refractivity contribution < 1.29 is 13.3 Å². The Kier molecular flexibility index (Phi) is 5.90. The Morgan fingerprint density at radius 2 is 1.66 bits per heavy atom. The van der Waals surface area contributed by atoms with E-state index in [1.807, 2.05) is 44.2 Å². The molecule has 1 N–H and O–H groups in total. The van der Waals surface area contributed by atoms with Crippen molar-refractivity contribution in [1.82, 2.24) is 15.5 Å². The molecule has 176 valence electrons. The molecule has 1 aromatic heterocycles. The SMILES string of the molecule is CC1=C(c2nc(-c3ccc(F)cc3)no2)C(c2ccc(C)cc2)NC(=S)N1c1ccc(C)c(F)c1. The highest BCUT2D eigenvalue weighted by molar-refractivity contribution is 7.80. The van der Waals surface area contributed by atoms with Crippen LogP contribution in [0.5, 0.6) is 0 Å². The van der Waals surface area contributed by atoms with Crippen LogP contribution in [0.2, 0.25) is 0 Å².